The summed E-state index contributed by atoms with van der Waals surface area (Å²) in [5.74, 6) is 0.299. The lowest BCUT2D eigenvalue weighted by atomic mass is 9.97. The van der Waals surface area contributed by atoms with Crippen LogP contribution < -0.4 is 10.1 Å². The summed E-state index contributed by atoms with van der Waals surface area (Å²) in [7, 11) is 3.39. The summed E-state index contributed by atoms with van der Waals surface area (Å²) in [5, 5.41) is 3.18. The summed E-state index contributed by atoms with van der Waals surface area (Å²) in [4.78, 5) is 0. The van der Waals surface area contributed by atoms with Gasteiger partial charge in [0.05, 0.1) is 7.11 Å². The maximum absolute atomic E-state index is 14.1. The first-order valence-electron chi connectivity index (χ1n) is 6.70. The Morgan fingerprint density at radius 1 is 1.20 bits per heavy atom. The van der Waals surface area contributed by atoms with Crippen molar-refractivity contribution >= 4 is 0 Å². The van der Waals surface area contributed by atoms with Gasteiger partial charge < -0.3 is 10.1 Å². The van der Waals surface area contributed by atoms with E-state index in [0.717, 1.165) is 6.42 Å². The normalized spacial score (nSPS) is 12.2. The van der Waals surface area contributed by atoms with Gasteiger partial charge in [-0.15, -0.1) is 0 Å². The second-order valence-electron chi connectivity index (χ2n) is 4.92. The maximum Gasteiger partial charge on any atom is 0.131 e. The number of likely N-dealkylation sites (N-methyl/N-ethyl adjacent to an activating group) is 1. The van der Waals surface area contributed by atoms with Crippen LogP contribution in [0.25, 0.3) is 0 Å². The summed E-state index contributed by atoms with van der Waals surface area (Å²) in [5.41, 5.74) is 3.07. The van der Waals surface area contributed by atoms with E-state index in [0.29, 0.717) is 11.3 Å². The van der Waals surface area contributed by atoms with Crippen LogP contribution in [0.2, 0.25) is 0 Å². The fourth-order valence-corrected chi connectivity index (χ4v) is 2.36. The largest absolute Gasteiger partial charge is 0.497 e. The average molecular weight is 273 g/mol. The first-order valence-corrected chi connectivity index (χ1v) is 6.70. The van der Waals surface area contributed by atoms with E-state index in [-0.39, 0.29) is 11.9 Å². The standard InChI is InChI=1S/C17H20FNO/c1-12-5-4-6-13(9-12)10-17(19-2)15-8-7-14(20-3)11-16(15)18/h4-9,11,17,19H,10H2,1-3H3. The van der Waals surface area contributed by atoms with Crippen molar-refractivity contribution in [2.75, 3.05) is 14.2 Å². The van der Waals surface area contributed by atoms with E-state index in [1.165, 1.54) is 24.3 Å². The summed E-state index contributed by atoms with van der Waals surface area (Å²) in [6.45, 7) is 2.06. The molecule has 3 heteroatoms. The lowest BCUT2D eigenvalue weighted by molar-refractivity contribution is 0.409. The number of rotatable bonds is 5. The molecule has 0 aromatic heterocycles. The Hall–Kier alpha value is -1.87. The van der Waals surface area contributed by atoms with Crippen molar-refractivity contribution < 1.29 is 9.13 Å². The van der Waals surface area contributed by atoms with Gasteiger partial charge in [-0.1, -0.05) is 35.9 Å². The predicted molar refractivity (Wildman–Crippen MR) is 79.6 cm³/mol. The van der Waals surface area contributed by atoms with Crippen LogP contribution in [0.15, 0.2) is 42.5 Å². The van der Waals surface area contributed by atoms with Gasteiger partial charge in [-0.25, -0.2) is 4.39 Å². The molecule has 2 rings (SSSR count). The van der Waals surface area contributed by atoms with Crippen LogP contribution in [-0.2, 0) is 6.42 Å². The average Bonchev–Trinajstić information content (AvgIpc) is 2.45. The molecule has 0 fully saturated rings. The highest BCUT2D eigenvalue weighted by atomic mass is 19.1. The second kappa shape index (κ2) is 6.53. The molecule has 1 N–H and O–H groups in total. The molecular weight excluding hydrogens is 253 g/mol. The number of hydrogen-bond donors (Lipinski definition) is 1. The van der Waals surface area contributed by atoms with Gasteiger partial charge >= 0.3 is 0 Å². The Morgan fingerprint density at radius 3 is 2.60 bits per heavy atom. The van der Waals surface area contributed by atoms with Crippen molar-refractivity contribution in [1.82, 2.24) is 5.32 Å². The predicted octanol–water partition coefficient (Wildman–Crippen LogP) is 3.65. The molecule has 1 atom stereocenters. The van der Waals surface area contributed by atoms with Crippen LogP contribution in [0.3, 0.4) is 0 Å². The molecule has 20 heavy (non-hydrogen) atoms. The second-order valence-corrected chi connectivity index (χ2v) is 4.92. The fourth-order valence-electron chi connectivity index (χ4n) is 2.36. The molecule has 0 saturated carbocycles. The number of halogens is 1. The van der Waals surface area contributed by atoms with E-state index in [1.807, 2.05) is 13.1 Å². The third-order valence-corrected chi connectivity index (χ3v) is 3.45. The van der Waals surface area contributed by atoms with Crippen molar-refractivity contribution in [2.24, 2.45) is 0 Å². The van der Waals surface area contributed by atoms with Crippen molar-refractivity contribution in [3.63, 3.8) is 0 Å². The van der Waals surface area contributed by atoms with Crippen LogP contribution in [0, 0.1) is 12.7 Å². The molecule has 0 bridgehead atoms. The fraction of sp³-hybridized carbons (Fsp3) is 0.294. The number of ether oxygens (including phenoxy) is 1. The van der Waals surface area contributed by atoms with Gasteiger partial charge in [0.25, 0.3) is 0 Å². The summed E-state index contributed by atoms with van der Waals surface area (Å²) < 4.78 is 19.2. The number of methoxy groups -OCH3 is 1. The molecule has 106 valence electrons. The van der Waals surface area contributed by atoms with Gasteiger partial charge in [-0.3, -0.25) is 0 Å². The van der Waals surface area contributed by atoms with E-state index in [9.17, 15) is 4.39 Å². The number of benzene rings is 2. The topological polar surface area (TPSA) is 21.3 Å². The van der Waals surface area contributed by atoms with Gasteiger partial charge in [-0.2, -0.15) is 0 Å². The minimum atomic E-state index is -0.239. The zero-order valence-electron chi connectivity index (χ0n) is 12.1. The highest BCUT2D eigenvalue weighted by molar-refractivity contribution is 5.32. The molecule has 0 radical (unpaired) electrons. The molecular formula is C17H20FNO. The van der Waals surface area contributed by atoms with Crippen molar-refractivity contribution in [3.05, 3.63) is 65.0 Å². The van der Waals surface area contributed by atoms with Crippen LogP contribution in [0.4, 0.5) is 4.39 Å². The van der Waals surface area contributed by atoms with Crippen LogP contribution in [0.1, 0.15) is 22.7 Å². The maximum atomic E-state index is 14.1. The third-order valence-electron chi connectivity index (χ3n) is 3.45. The Kier molecular flexibility index (Phi) is 4.74. The van der Waals surface area contributed by atoms with E-state index < -0.39 is 0 Å². The number of aryl methyl sites for hydroxylation is 1. The molecule has 0 heterocycles. The zero-order chi connectivity index (χ0) is 14.5. The molecule has 2 aromatic carbocycles. The SMILES string of the molecule is CNC(Cc1cccc(C)c1)c1ccc(OC)cc1F. The van der Waals surface area contributed by atoms with Crippen LogP contribution >= 0.6 is 0 Å². The number of nitrogens with one attached hydrogen (secondary N) is 1. The molecule has 0 amide bonds. The highest BCUT2D eigenvalue weighted by Crippen LogP contribution is 2.24. The zero-order valence-corrected chi connectivity index (χ0v) is 12.1. The van der Waals surface area contributed by atoms with Gasteiger partial charge in [-0.05, 0) is 32.0 Å². The summed E-state index contributed by atoms with van der Waals surface area (Å²) >= 11 is 0. The molecule has 0 aliphatic rings. The first kappa shape index (κ1) is 14.5. The smallest absolute Gasteiger partial charge is 0.131 e. The minimum absolute atomic E-state index is 0.0530. The monoisotopic (exact) mass is 273 g/mol. The van der Waals surface area contributed by atoms with Gasteiger partial charge in [0.2, 0.25) is 0 Å². The van der Waals surface area contributed by atoms with Crippen molar-refractivity contribution in [2.45, 2.75) is 19.4 Å². The molecule has 0 saturated heterocycles. The third kappa shape index (κ3) is 3.36. The molecule has 1 unspecified atom stereocenters. The first-order chi connectivity index (χ1) is 9.63. The Labute approximate surface area is 119 Å². The van der Waals surface area contributed by atoms with E-state index in [2.05, 4.69) is 30.4 Å². The van der Waals surface area contributed by atoms with Gasteiger partial charge in [0.15, 0.2) is 0 Å². The molecule has 2 aromatic rings. The number of hydrogen-bond acceptors (Lipinski definition) is 2. The Bertz CT molecular complexity index is 583. The lowest BCUT2D eigenvalue weighted by Gasteiger charge is -2.18. The van der Waals surface area contributed by atoms with Gasteiger partial charge in [0.1, 0.15) is 11.6 Å². The summed E-state index contributed by atoms with van der Waals surface area (Å²) in [6, 6.07) is 13.2. The van der Waals surface area contributed by atoms with Gasteiger partial charge in [0, 0.05) is 17.7 Å². The molecule has 0 aliphatic heterocycles. The van der Waals surface area contributed by atoms with Crippen LogP contribution in [0.5, 0.6) is 5.75 Å². The highest BCUT2D eigenvalue weighted by Gasteiger charge is 2.15. The lowest BCUT2D eigenvalue weighted by Crippen LogP contribution is -2.20. The quantitative estimate of drug-likeness (QED) is 0.898. The van der Waals surface area contributed by atoms with E-state index >= 15 is 0 Å². The molecule has 0 spiro atoms. The van der Waals surface area contributed by atoms with E-state index in [4.69, 9.17) is 4.74 Å². The Morgan fingerprint density at radius 2 is 2.00 bits per heavy atom. The van der Waals surface area contributed by atoms with Crippen molar-refractivity contribution in [3.8, 4) is 5.75 Å². The van der Waals surface area contributed by atoms with Crippen molar-refractivity contribution in [1.29, 1.82) is 0 Å². The van der Waals surface area contributed by atoms with E-state index in [1.54, 1.807) is 12.1 Å². The molecule has 0 aliphatic carbocycles. The van der Waals surface area contributed by atoms with Crippen LogP contribution in [-0.4, -0.2) is 14.2 Å². The minimum Gasteiger partial charge on any atom is -0.497 e. The summed E-state index contributed by atoms with van der Waals surface area (Å²) in [6.07, 6.45) is 0.751. The molecule has 2 nitrogen and oxygen atoms in total. The Balaban J connectivity index is 2.24.